The third kappa shape index (κ3) is 24.9. The first kappa shape index (κ1) is 63.7. The Morgan fingerprint density at radius 1 is 0.364 bits per heavy atom. The SMILES string of the molecule is CCCCCCCCCCCCCCCCCCCCCCOc1ccc(C(N)(C(=O)OCC2c3ccccc3-c3ccccc32)c2ccc(OCCCCCCCCCCCCCCCCCCCCCC)cc2)cc1. The Kier molecular flexibility index (Phi) is 33.9. The molecule has 0 spiro atoms. The van der Waals surface area contributed by atoms with Crippen LogP contribution < -0.4 is 15.2 Å². The number of benzene rings is 4. The van der Waals surface area contributed by atoms with Crippen LogP contribution in [-0.2, 0) is 15.1 Å². The van der Waals surface area contributed by atoms with Crippen LogP contribution in [0.5, 0.6) is 11.5 Å². The summed E-state index contributed by atoms with van der Waals surface area (Å²) in [7, 11) is 0. The van der Waals surface area contributed by atoms with Crippen molar-refractivity contribution in [2.75, 3.05) is 19.8 Å². The summed E-state index contributed by atoms with van der Waals surface area (Å²) < 4.78 is 18.7. The van der Waals surface area contributed by atoms with Gasteiger partial charge in [-0.25, -0.2) is 4.79 Å². The van der Waals surface area contributed by atoms with Crippen LogP contribution in [-0.4, -0.2) is 25.8 Å². The second-order valence-corrected chi connectivity index (χ2v) is 23.3. The number of ether oxygens (including phenoxy) is 3. The van der Waals surface area contributed by atoms with E-state index < -0.39 is 11.5 Å². The van der Waals surface area contributed by atoms with Gasteiger partial charge in [0.05, 0.1) is 13.2 Å². The Balaban J connectivity index is 0.980. The highest BCUT2D eigenvalue weighted by Gasteiger charge is 2.41. The zero-order valence-electron chi connectivity index (χ0n) is 49.4. The van der Waals surface area contributed by atoms with Crippen LogP contribution in [0.3, 0.4) is 0 Å². The molecule has 0 fully saturated rings. The van der Waals surface area contributed by atoms with E-state index in [1.807, 2.05) is 48.5 Å². The lowest BCUT2D eigenvalue weighted by Gasteiger charge is -2.29. The van der Waals surface area contributed by atoms with Crippen molar-refractivity contribution < 1.29 is 19.0 Å². The molecule has 4 aromatic rings. The highest BCUT2D eigenvalue weighted by Crippen LogP contribution is 2.45. The summed E-state index contributed by atoms with van der Waals surface area (Å²) in [5.74, 6) is 1.03. The maximum absolute atomic E-state index is 14.6. The second kappa shape index (κ2) is 41.0. The van der Waals surface area contributed by atoms with Gasteiger partial charge in [-0.05, 0) is 70.5 Å². The van der Waals surface area contributed by atoms with Gasteiger partial charge < -0.3 is 19.9 Å². The molecule has 5 heteroatoms. The lowest BCUT2D eigenvalue weighted by Crippen LogP contribution is -2.47. The molecule has 1 aliphatic carbocycles. The maximum atomic E-state index is 14.6. The monoisotopic (exact) mass is 1050 g/mol. The van der Waals surface area contributed by atoms with Crippen molar-refractivity contribution in [2.24, 2.45) is 5.73 Å². The number of carbonyl (C=O) groups excluding carboxylic acids is 1. The summed E-state index contributed by atoms with van der Waals surface area (Å²) in [6, 6.07) is 32.4. The fraction of sp³-hybridized carbons (Fsp3) is 0.653. The smallest absolute Gasteiger partial charge is 0.335 e. The van der Waals surface area contributed by atoms with E-state index in [0.29, 0.717) is 24.3 Å². The molecule has 0 aromatic heterocycles. The normalized spacial score (nSPS) is 12.2. The van der Waals surface area contributed by atoms with E-state index in [4.69, 9.17) is 19.9 Å². The van der Waals surface area contributed by atoms with Crippen LogP contribution in [0, 0.1) is 0 Å². The minimum Gasteiger partial charge on any atom is -0.494 e. The van der Waals surface area contributed by atoms with Crippen LogP contribution in [0.4, 0.5) is 0 Å². The first-order valence-corrected chi connectivity index (χ1v) is 32.7. The third-order valence-corrected chi connectivity index (χ3v) is 16.8. The first-order valence-electron chi connectivity index (χ1n) is 32.7. The molecule has 5 nitrogen and oxygen atoms in total. The molecule has 5 rings (SSSR count). The average Bonchev–Trinajstić information content (AvgIpc) is 3.83. The molecule has 0 heterocycles. The Morgan fingerprint density at radius 3 is 0.909 bits per heavy atom. The predicted octanol–water partition coefficient (Wildman–Crippen LogP) is 21.6. The molecular formula is C72H111NO4. The molecule has 0 radical (unpaired) electrons. The quantitative estimate of drug-likeness (QED) is 0.0352. The molecule has 77 heavy (non-hydrogen) atoms. The number of fused-ring (bicyclic) bond motifs is 3. The van der Waals surface area contributed by atoms with Crippen LogP contribution >= 0.6 is 0 Å². The Labute approximate surface area is 472 Å². The molecule has 4 aromatic carbocycles. The van der Waals surface area contributed by atoms with Gasteiger partial charge in [0, 0.05) is 5.92 Å². The lowest BCUT2D eigenvalue weighted by atomic mass is 9.83. The molecule has 0 unspecified atom stereocenters. The Bertz CT molecular complexity index is 1920. The van der Waals surface area contributed by atoms with Gasteiger partial charge >= 0.3 is 5.97 Å². The number of nitrogens with two attached hydrogens (primary N) is 1. The third-order valence-electron chi connectivity index (χ3n) is 16.8. The first-order chi connectivity index (χ1) is 38.1. The molecule has 0 saturated heterocycles. The largest absolute Gasteiger partial charge is 0.494 e. The summed E-state index contributed by atoms with van der Waals surface area (Å²) in [6.07, 6.45) is 54.9. The van der Waals surface area contributed by atoms with Gasteiger partial charge in [0.2, 0.25) is 0 Å². The van der Waals surface area contributed by atoms with E-state index in [-0.39, 0.29) is 12.5 Å². The summed E-state index contributed by atoms with van der Waals surface area (Å²) in [6.45, 7) is 6.16. The van der Waals surface area contributed by atoms with E-state index >= 15 is 0 Å². The van der Waals surface area contributed by atoms with E-state index in [2.05, 4.69) is 62.4 Å². The fourth-order valence-corrected chi connectivity index (χ4v) is 11.8. The van der Waals surface area contributed by atoms with E-state index in [0.717, 1.165) is 24.3 Å². The van der Waals surface area contributed by atoms with Gasteiger partial charge in [-0.3, -0.25) is 0 Å². The van der Waals surface area contributed by atoms with Crippen molar-refractivity contribution in [2.45, 2.75) is 282 Å². The molecule has 0 atom stereocenters. The van der Waals surface area contributed by atoms with Crippen LogP contribution in [0.25, 0.3) is 11.1 Å². The topological polar surface area (TPSA) is 70.8 Å². The van der Waals surface area contributed by atoms with Gasteiger partial charge in [0.15, 0.2) is 5.54 Å². The standard InChI is InChI=1S/C72H111NO4/c1-3-5-7-9-11-13-15-17-19-21-23-25-27-29-31-33-35-37-39-45-59-75-64-55-51-62(52-56-64)72(73,71(74)77-61-70-68-49-43-41-47-66(68)67-48-42-44-50-69(67)70)63-53-57-65(58-54-63)76-60-46-40-38-36-34-32-30-28-26-24-22-20-18-16-14-12-10-8-6-4-2/h41-44,47-58,70H,3-40,45-46,59-61,73H2,1-2H3. The number of carbonyl (C=O) groups is 1. The highest BCUT2D eigenvalue weighted by molar-refractivity contribution is 5.87. The molecule has 0 amide bonds. The maximum Gasteiger partial charge on any atom is 0.335 e. The fourth-order valence-electron chi connectivity index (χ4n) is 11.8. The van der Waals surface area contributed by atoms with Crippen molar-refractivity contribution in [1.29, 1.82) is 0 Å². The molecule has 0 bridgehead atoms. The number of hydrogen-bond donors (Lipinski definition) is 1. The van der Waals surface area contributed by atoms with E-state index in [1.54, 1.807) is 0 Å². The average molecular weight is 1050 g/mol. The molecule has 2 N–H and O–H groups in total. The number of hydrogen-bond acceptors (Lipinski definition) is 5. The molecule has 1 aliphatic rings. The molecule has 0 aliphatic heterocycles. The van der Waals surface area contributed by atoms with Gasteiger partial charge in [-0.1, -0.05) is 331 Å². The van der Waals surface area contributed by atoms with Crippen molar-refractivity contribution in [3.05, 3.63) is 119 Å². The summed E-state index contributed by atoms with van der Waals surface area (Å²) in [4.78, 5) is 14.6. The van der Waals surface area contributed by atoms with Crippen molar-refractivity contribution >= 4 is 5.97 Å². The van der Waals surface area contributed by atoms with Gasteiger partial charge in [-0.2, -0.15) is 0 Å². The predicted molar refractivity (Wildman–Crippen MR) is 330 cm³/mol. The minimum atomic E-state index is -1.53. The molecular weight excluding hydrogens is 943 g/mol. The van der Waals surface area contributed by atoms with Crippen molar-refractivity contribution in [1.82, 2.24) is 0 Å². The number of unbranched alkanes of at least 4 members (excludes halogenated alkanes) is 38. The van der Waals surface area contributed by atoms with Crippen LogP contribution in [0.15, 0.2) is 97.1 Å². The van der Waals surface area contributed by atoms with E-state index in [1.165, 1.54) is 266 Å². The Morgan fingerprint density at radius 2 is 0.623 bits per heavy atom. The van der Waals surface area contributed by atoms with Gasteiger partial charge in [0.1, 0.15) is 18.1 Å². The summed E-state index contributed by atoms with van der Waals surface area (Å²) in [5, 5.41) is 0. The zero-order chi connectivity index (χ0) is 54.1. The molecule has 0 saturated carbocycles. The lowest BCUT2D eigenvalue weighted by molar-refractivity contribution is -0.149. The summed E-state index contributed by atoms with van der Waals surface area (Å²) >= 11 is 0. The summed E-state index contributed by atoms with van der Waals surface area (Å²) in [5.41, 5.74) is 11.9. The van der Waals surface area contributed by atoms with Crippen LogP contribution in [0.2, 0.25) is 0 Å². The number of rotatable bonds is 49. The second-order valence-electron chi connectivity index (χ2n) is 23.3. The van der Waals surface area contributed by atoms with Crippen LogP contribution in [0.1, 0.15) is 299 Å². The number of esters is 1. The zero-order valence-corrected chi connectivity index (χ0v) is 49.4. The Hall–Kier alpha value is -4.09. The van der Waals surface area contributed by atoms with Crippen molar-refractivity contribution in [3.8, 4) is 22.6 Å². The highest BCUT2D eigenvalue weighted by atomic mass is 16.5. The molecule has 428 valence electrons. The van der Waals surface area contributed by atoms with E-state index in [9.17, 15) is 4.79 Å². The van der Waals surface area contributed by atoms with Crippen molar-refractivity contribution in [3.63, 3.8) is 0 Å². The van der Waals surface area contributed by atoms with Gasteiger partial charge in [-0.15, -0.1) is 0 Å². The minimum absolute atomic E-state index is 0.0648. The van der Waals surface area contributed by atoms with Gasteiger partial charge in [0.25, 0.3) is 0 Å².